The second-order valence-corrected chi connectivity index (χ2v) is 5.51. The zero-order valence-corrected chi connectivity index (χ0v) is 12.3. The smallest absolute Gasteiger partial charge is 0.124 e. The normalized spacial score (nSPS) is 20.5. The summed E-state index contributed by atoms with van der Waals surface area (Å²) in [6, 6.07) is 16.4. The summed E-state index contributed by atoms with van der Waals surface area (Å²) in [5, 5.41) is 0. The van der Waals surface area contributed by atoms with Crippen LogP contribution < -0.4 is 15.2 Å². The van der Waals surface area contributed by atoms with Crippen LogP contribution in [0.2, 0.25) is 0 Å². The predicted molar refractivity (Wildman–Crippen MR) is 83.7 cm³/mol. The van der Waals surface area contributed by atoms with E-state index < -0.39 is 0 Å². The lowest BCUT2D eigenvalue weighted by Crippen LogP contribution is -2.30. The maximum Gasteiger partial charge on any atom is 0.124 e. The molecule has 3 rings (SSSR count). The van der Waals surface area contributed by atoms with Crippen molar-refractivity contribution >= 4 is 0 Å². The predicted octanol–water partition coefficient (Wildman–Crippen LogP) is 3.48. The Morgan fingerprint density at radius 3 is 2.76 bits per heavy atom. The zero-order valence-electron chi connectivity index (χ0n) is 12.3. The molecule has 2 N–H and O–H groups in total. The summed E-state index contributed by atoms with van der Waals surface area (Å²) < 4.78 is 11.3. The van der Waals surface area contributed by atoms with E-state index in [-0.39, 0.29) is 12.1 Å². The molecule has 3 heteroatoms. The van der Waals surface area contributed by atoms with Crippen molar-refractivity contribution in [2.75, 3.05) is 7.11 Å². The second-order valence-electron chi connectivity index (χ2n) is 5.51. The lowest BCUT2D eigenvalue weighted by atomic mass is 9.94. The molecule has 1 unspecified atom stereocenters. The van der Waals surface area contributed by atoms with Crippen LogP contribution in [-0.4, -0.2) is 13.2 Å². The highest BCUT2D eigenvalue weighted by Gasteiger charge is 2.26. The number of nitrogens with two attached hydrogens (primary N) is 1. The van der Waals surface area contributed by atoms with E-state index in [0.717, 1.165) is 36.3 Å². The highest BCUT2D eigenvalue weighted by Crippen LogP contribution is 2.36. The lowest BCUT2D eigenvalue weighted by Gasteiger charge is -2.30. The van der Waals surface area contributed by atoms with Crippen molar-refractivity contribution in [3.63, 3.8) is 0 Å². The Bertz CT molecular complexity index is 597. The molecule has 110 valence electrons. The summed E-state index contributed by atoms with van der Waals surface area (Å²) in [6.45, 7) is 0. The van der Waals surface area contributed by atoms with E-state index in [1.165, 1.54) is 5.56 Å². The van der Waals surface area contributed by atoms with E-state index in [0.29, 0.717) is 0 Å². The third-order valence-corrected chi connectivity index (χ3v) is 4.02. The van der Waals surface area contributed by atoms with Crippen molar-refractivity contribution in [1.82, 2.24) is 0 Å². The molecule has 21 heavy (non-hydrogen) atoms. The van der Waals surface area contributed by atoms with Crippen molar-refractivity contribution in [3.05, 3.63) is 59.7 Å². The van der Waals surface area contributed by atoms with Gasteiger partial charge in [0.2, 0.25) is 0 Å². The topological polar surface area (TPSA) is 44.5 Å². The monoisotopic (exact) mass is 283 g/mol. The molecule has 1 heterocycles. The SMILES string of the molecule is COc1ccc2c(c1)[C@@H](N)CC(CCc1ccccc1)O2. The quantitative estimate of drug-likeness (QED) is 0.934. The van der Waals surface area contributed by atoms with E-state index in [4.69, 9.17) is 15.2 Å². The Labute approximate surface area is 125 Å². The minimum Gasteiger partial charge on any atom is -0.497 e. The van der Waals surface area contributed by atoms with E-state index in [1.807, 2.05) is 24.3 Å². The molecular formula is C18H21NO2. The van der Waals surface area contributed by atoms with Crippen LogP contribution in [0.3, 0.4) is 0 Å². The first-order valence-corrected chi connectivity index (χ1v) is 7.40. The van der Waals surface area contributed by atoms with Crippen molar-refractivity contribution in [3.8, 4) is 11.5 Å². The molecule has 1 aliphatic rings. The maximum atomic E-state index is 6.29. The van der Waals surface area contributed by atoms with Crippen LogP contribution in [0, 0.1) is 0 Å². The Kier molecular flexibility index (Phi) is 4.11. The van der Waals surface area contributed by atoms with Crippen LogP contribution in [-0.2, 0) is 6.42 Å². The second kappa shape index (κ2) is 6.19. The van der Waals surface area contributed by atoms with Gasteiger partial charge in [0.15, 0.2) is 0 Å². The summed E-state index contributed by atoms with van der Waals surface area (Å²) >= 11 is 0. The molecule has 0 saturated heterocycles. The number of fused-ring (bicyclic) bond motifs is 1. The first kappa shape index (κ1) is 14.0. The molecule has 0 aromatic heterocycles. The van der Waals surface area contributed by atoms with Gasteiger partial charge < -0.3 is 15.2 Å². The Morgan fingerprint density at radius 2 is 2.00 bits per heavy atom. The molecule has 2 atom stereocenters. The Hall–Kier alpha value is -2.00. The molecule has 0 radical (unpaired) electrons. The van der Waals surface area contributed by atoms with Crippen LogP contribution in [0.4, 0.5) is 0 Å². The third-order valence-electron chi connectivity index (χ3n) is 4.02. The highest BCUT2D eigenvalue weighted by molar-refractivity contribution is 5.43. The first-order chi connectivity index (χ1) is 10.3. The molecule has 2 aromatic rings. The van der Waals surface area contributed by atoms with Crippen LogP contribution in [0.15, 0.2) is 48.5 Å². The molecule has 0 fully saturated rings. The summed E-state index contributed by atoms with van der Waals surface area (Å²) in [5.74, 6) is 1.73. The van der Waals surface area contributed by atoms with Gasteiger partial charge in [-0.3, -0.25) is 0 Å². The highest BCUT2D eigenvalue weighted by atomic mass is 16.5. The van der Waals surface area contributed by atoms with E-state index in [2.05, 4.69) is 24.3 Å². The molecule has 0 aliphatic carbocycles. The number of ether oxygens (including phenoxy) is 2. The van der Waals surface area contributed by atoms with Gasteiger partial charge in [-0.25, -0.2) is 0 Å². The van der Waals surface area contributed by atoms with Crippen LogP contribution in [0.25, 0.3) is 0 Å². The molecule has 0 bridgehead atoms. The van der Waals surface area contributed by atoms with Crippen molar-refractivity contribution in [2.45, 2.75) is 31.4 Å². The van der Waals surface area contributed by atoms with Crippen molar-refractivity contribution in [2.24, 2.45) is 5.73 Å². The largest absolute Gasteiger partial charge is 0.497 e. The first-order valence-electron chi connectivity index (χ1n) is 7.40. The Morgan fingerprint density at radius 1 is 1.19 bits per heavy atom. The summed E-state index contributed by atoms with van der Waals surface area (Å²) in [6.07, 6.45) is 3.04. The molecule has 1 aliphatic heterocycles. The van der Waals surface area contributed by atoms with Crippen LogP contribution in [0.1, 0.15) is 30.0 Å². The maximum absolute atomic E-state index is 6.29. The number of benzene rings is 2. The minimum atomic E-state index is 0.0182. The summed E-state index contributed by atoms with van der Waals surface area (Å²) in [4.78, 5) is 0. The fourth-order valence-electron chi connectivity index (χ4n) is 2.84. The minimum absolute atomic E-state index is 0.0182. The number of rotatable bonds is 4. The van der Waals surface area contributed by atoms with Gasteiger partial charge in [-0.05, 0) is 36.6 Å². The summed E-state index contributed by atoms with van der Waals surface area (Å²) in [5.41, 5.74) is 8.68. The number of hydrogen-bond acceptors (Lipinski definition) is 3. The van der Waals surface area contributed by atoms with Gasteiger partial charge in [-0.15, -0.1) is 0 Å². The van der Waals surface area contributed by atoms with Crippen LogP contribution in [0.5, 0.6) is 11.5 Å². The molecule has 3 nitrogen and oxygen atoms in total. The van der Waals surface area contributed by atoms with Crippen molar-refractivity contribution < 1.29 is 9.47 Å². The average Bonchev–Trinajstić information content (AvgIpc) is 2.54. The molecular weight excluding hydrogens is 262 g/mol. The van der Waals surface area contributed by atoms with E-state index in [9.17, 15) is 0 Å². The Balaban J connectivity index is 1.67. The number of hydrogen-bond donors (Lipinski definition) is 1. The fraction of sp³-hybridized carbons (Fsp3) is 0.333. The van der Waals surface area contributed by atoms with Gasteiger partial charge in [0.25, 0.3) is 0 Å². The van der Waals surface area contributed by atoms with E-state index >= 15 is 0 Å². The molecule has 0 amide bonds. The van der Waals surface area contributed by atoms with Gasteiger partial charge in [-0.2, -0.15) is 0 Å². The average molecular weight is 283 g/mol. The van der Waals surface area contributed by atoms with Gasteiger partial charge in [0.05, 0.1) is 7.11 Å². The molecule has 0 saturated carbocycles. The molecule has 2 aromatic carbocycles. The fourth-order valence-corrected chi connectivity index (χ4v) is 2.84. The number of methoxy groups -OCH3 is 1. The lowest BCUT2D eigenvalue weighted by molar-refractivity contribution is 0.150. The van der Waals surface area contributed by atoms with Gasteiger partial charge in [-0.1, -0.05) is 30.3 Å². The van der Waals surface area contributed by atoms with Crippen molar-refractivity contribution in [1.29, 1.82) is 0 Å². The van der Waals surface area contributed by atoms with Gasteiger partial charge >= 0.3 is 0 Å². The molecule has 0 spiro atoms. The van der Waals surface area contributed by atoms with Gasteiger partial charge in [0.1, 0.15) is 17.6 Å². The van der Waals surface area contributed by atoms with E-state index in [1.54, 1.807) is 7.11 Å². The zero-order chi connectivity index (χ0) is 14.7. The third kappa shape index (κ3) is 3.19. The standard InChI is InChI=1S/C18H21NO2/c1-20-14-9-10-18-16(11-14)17(19)12-15(21-18)8-7-13-5-3-2-4-6-13/h2-6,9-11,15,17H,7-8,12,19H2,1H3/t15?,17-/m0/s1. The van der Waals surface area contributed by atoms with Gasteiger partial charge in [0, 0.05) is 18.0 Å². The summed E-state index contributed by atoms with van der Waals surface area (Å²) in [7, 11) is 1.67. The number of aryl methyl sites for hydroxylation is 1. The van der Waals surface area contributed by atoms with Crippen LogP contribution >= 0.6 is 0 Å².